The lowest BCUT2D eigenvalue weighted by atomic mass is 10.1. The Morgan fingerprint density at radius 2 is 1.03 bits per heavy atom. The van der Waals surface area contributed by atoms with E-state index in [1.54, 1.807) is 0 Å². The Labute approximate surface area is 214 Å². The van der Waals surface area contributed by atoms with Crippen LogP contribution in [0.25, 0.3) is 0 Å². The van der Waals surface area contributed by atoms with Gasteiger partial charge in [0.25, 0.3) is 0 Å². The predicted octanol–water partition coefficient (Wildman–Crippen LogP) is 6.96. The second-order valence-corrected chi connectivity index (χ2v) is 8.28. The third kappa shape index (κ3) is 8.80. The van der Waals surface area contributed by atoms with E-state index in [0.29, 0.717) is 12.8 Å². The standard InChI is InChI=1S/C30H36N2O4/c1-5-29(35-33-3)19-23-10-14-27(15-11-23)31-21-25-8-7-9-26(18-25)22-32-28-16-12-24(13-17-28)20-30(6-2)36-34-4/h5-18,31-32H,19-22H2,1-4H3/b29-5-,30-6-. The fourth-order valence-electron chi connectivity index (χ4n) is 3.71. The van der Waals surface area contributed by atoms with Crippen LogP contribution < -0.4 is 10.6 Å². The Hall–Kier alpha value is -3.74. The zero-order valence-corrected chi connectivity index (χ0v) is 21.5. The van der Waals surface area contributed by atoms with E-state index in [-0.39, 0.29) is 0 Å². The topological polar surface area (TPSA) is 61.0 Å². The number of hydrogen-bond donors (Lipinski definition) is 2. The zero-order chi connectivity index (χ0) is 25.6. The summed E-state index contributed by atoms with van der Waals surface area (Å²) in [6.07, 6.45) is 5.21. The number of hydrogen-bond acceptors (Lipinski definition) is 6. The van der Waals surface area contributed by atoms with Crippen LogP contribution in [0.1, 0.15) is 36.1 Å². The molecule has 0 fully saturated rings. The van der Waals surface area contributed by atoms with Crippen molar-refractivity contribution in [2.75, 3.05) is 24.9 Å². The van der Waals surface area contributed by atoms with E-state index in [9.17, 15) is 0 Å². The minimum atomic E-state index is 0.696. The van der Waals surface area contributed by atoms with E-state index in [4.69, 9.17) is 19.6 Å². The lowest BCUT2D eigenvalue weighted by Crippen LogP contribution is -2.03. The van der Waals surface area contributed by atoms with Crippen LogP contribution in [0.4, 0.5) is 11.4 Å². The van der Waals surface area contributed by atoms with Gasteiger partial charge in [0.1, 0.15) is 11.5 Å². The molecule has 0 spiro atoms. The molecule has 0 aliphatic carbocycles. The van der Waals surface area contributed by atoms with Crippen molar-refractivity contribution in [1.82, 2.24) is 0 Å². The summed E-state index contributed by atoms with van der Waals surface area (Å²) in [5, 5.41) is 7.00. The van der Waals surface area contributed by atoms with Crippen molar-refractivity contribution in [2.24, 2.45) is 0 Å². The Bertz CT molecular complexity index is 1040. The maximum absolute atomic E-state index is 5.15. The van der Waals surface area contributed by atoms with Crippen LogP contribution >= 0.6 is 0 Å². The van der Waals surface area contributed by atoms with Gasteiger partial charge in [-0.25, -0.2) is 0 Å². The maximum atomic E-state index is 5.15. The van der Waals surface area contributed by atoms with Gasteiger partial charge in [-0.15, -0.1) is 0 Å². The molecule has 0 saturated heterocycles. The largest absolute Gasteiger partial charge is 0.381 e. The number of rotatable bonds is 14. The quantitative estimate of drug-likeness (QED) is 0.145. The summed E-state index contributed by atoms with van der Waals surface area (Å²) in [6, 6.07) is 25.4. The molecule has 0 aliphatic heterocycles. The van der Waals surface area contributed by atoms with Gasteiger partial charge in [-0.3, -0.25) is 0 Å². The first-order valence-electron chi connectivity index (χ1n) is 12.1. The molecule has 0 radical (unpaired) electrons. The number of anilines is 2. The molecule has 0 saturated carbocycles. The van der Waals surface area contributed by atoms with Gasteiger partial charge in [-0.05, 0) is 72.5 Å². The zero-order valence-electron chi connectivity index (χ0n) is 21.5. The molecule has 0 amide bonds. The predicted molar refractivity (Wildman–Crippen MR) is 145 cm³/mol. The summed E-state index contributed by atoms with van der Waals surface area (Å²) in [5.74, 6) is 1.58. The number of benzene rings is 3. The minimum absolute atomic E-state index is 0.696. The Kier molecular flexibility index (Phi) is 10.9. The molecule has 0 unspecified atom stereocenters. The van der Waals surface area contributed by atoms with Crippen molar-refractivity contribution in [3.8, 4) is 0 Å². The molecule has 0 aromatic heterocycles. The molecule has 0 heterocycles. The van der Waals surface area contributed by atoms with Gasteiger partial charge in [-0.2, -0.15) is 9.78 Å². The van der Waals surface area contributed by atoms with Gasteiger partial charge in [0.05, 0.1) is 14.2 Å². The second kappa shape index (κ2) is 14.6. The van der Waals surface area contributed by atoms with Crippen molar-refractivity contribution in [3.05, 3.63) is 119 Å². The first kappa shape index (κ1) is 26.9. The lowest BCUT2D eigenvalue weighted by molar-refractivity contribution is -0.238. The summed E-state index contributed by atoms with van der Waals surface area (Å²) in [4.78, 5) is 19.8. The van der Waals surface area contributed by atoms with Gasteiger partial charge in [0.2, 0.25) is 0 Å². The summed E-state index contributed by atoms with van der Waals surface area (Å²) >= 11 is 0. The summed E-state index contributed by atoms with van der Waals surface area (Å²) in [5.41, 5.74) is 6.95. The van der Waals surface area contributed by atoms with Gasteiger partial charge in [0, 0.05) is 37.3 Å². The molecule has 190 valence electrons. The molecule has 0 bridgehead atoms. The van der Waals surface area contributed by atoms with Crippen LogP contribution in [0.2, 0.25) is 0 Å². The first-order valence-corrected chi connectivity index (χ1v) is 12.1. The highest BCUT2D eigenvalue weighted by Crippen LogP contribution is 2.17. The van der Waals surface area contributed by atoms with E-state index in [1.165, 1.54) is 25.3 Å². The summed E-state index contributed by atoms with van der Waals surface area (Å²) in [7, 11) is 3.03. The molecule has 0 aliphatic rings. The van der Waals surface area contributed by atoms with Crippen LogP contribution in [-0.2, 0) is 45.5 Å². The van der Waals surface area contributed by atoms with Crippen LogP contribution in [0.3, 0.4) is 0 Å². The molecule has 3 rings (SSSR count). The fourth-order valence-corrected chi connectivity index (χ4v) is 3.71. The Balaban J connectivity index is 1.49. The van der Waals surface area contributed by atoms with Crippen LogP contribution in [0.5, 0.6) is 0 Å². The molecule has 6 nitrogen and oxygen atoms in total. The molecule has 6 heteroatoms. The van der Waals surface area contributed by atoms with Gasteiger partial charge in [0.15, 0.2) is 0 Å². The van der Waals surface area contributed by atoms with E-state index >= 15 is 0 Å². The van der Waals surface area contributed by atoms with E-state index in [2.05, 4.69) is 83.4 Å². The van der Waals surface area contributed by atoms with E-state index in [0.717, 1.165) is 47.1 Å². The van der Waals surface area contributed by atoms with Gasteiger partial charge in [-0.1, -0.05) is 48.5 Å². The van der Waals surface area contributed by atoms with Crippen LogP contribution in [-0.4, -0.2) is 14.2 Å². The van der Waals surface area contributed by atoms with Crippen molar-refractivity contribution in [3.63, 3.8) is 0 Å². The molecule has 3 aromatic carbocycles. The minimum Gasteiger partial charge on any atom is -0.381 e. The molecule has 36 heavy (non-hydrogen) atoms. The van der Waals surface area contributed by atoms with Crippen molar-refractivity contribution in [1.29, 1.82) is 0 Å². The SMILES string of the molecule is C/C=C(/Cc1ccc(NCc2cccc(CNc3ccc(C/C(=C/C)OOC)cc3)c2)cc1)OOC. The van der Waals surface area contributed by atoms with Crippen LogP contribution in [0.15, 0.2) is 96.5 Å². The van der Waals surface area contributed by atoms with Crippen molar-refractivity contribution in [2.45, 2.75) is 39.8 Å². The normalized spacial score (nSPS) is 11.8. The summed E-state index contributed by atoms with van der Waals surface area (Å²) in [6.45, 7) is 5.38. The highest BCUT2D eigenvalue weighted by atomic mass is 17.2. The van der Waals surface area contributed by atoms with Crippen molar-refractivity contribution < 1.29 is 19.6 Å². The maximum Gasteiger partial charge on any atom is 0.142 e. The van der Waals surface area contributed by atoms with Crippen LogP contribution in [0, 0.1) is 0 Å². The molecular formula is C30H36N2O4. The third-order valence-electron chi connectivity index (χ3n) is 5.67. The average Bonchev–Trinajstić information content (AvgIpc) is 2.92. The first-order chi connectivity index (χ1) is 17.6. The fraction of sp³-hybridized carbons (Fsp3) is 0.267. The monoisotopic (exact) mass is 488 g/mol. The smallest absolute Gasteiger partial charge is 0.142 e. The molecule has 2 N–H and O–H groups in total. The summed E-state index contributed by atoms with van der Waals surface area (Å²) < 4.78 is 0. The van der Waals surface area contributed by atoms with Crippen molar-refractivity contribution >= 4 is 11.4 Å². The third-order valence-corrected chi connectivity index (χ3v) is 5.67. The highest BCUT2D eigenvalue weighted by Gasteiger charge is 2.04. The van der Waals surface area contributed by atoms with E-state index in [1.807, 2.05) is 26.0 Å². The second-order valence-electron chi connectivity index (χ2n) is 8.28. The Morgan fingerprint density at radius 1 is 0.611 bits per heavy atom. The van der Waals surface area contributed by atoms with E-state index < -0.39 is 0 Å². The molecule has 0 atom stereocenters. The number of allylic oxidation sites excluding steroid dienone is 4. The van der Waals surface area contributed by atoms with Gasteiger partial charge < -0.3 is 20.4 Å². The van der Waals surface area contributed by atoms with Gasteiger partial charge >= 0.3 is 0 Å². The molecular weight excluding hydrogens is 452 g/mol. The highest BCUT2D eigenvalue weighted by molar-refractivity contribution is 5.47. The lowest BCUT2D eigenvalue weighted by Gasteiger charge is -2.11. The Morgan fingerprint density at radius 3 is 1.39 bits per heavy atom. The molecule has 3 aromatic rings. The average molecular weight is 489 g/mol. The number of nitrogens with one attached hydrogen (secondary N) is 2.